The highest BCUT2D eigenvalue weighted by Gasteiger charge is 2.27. The summed E-state index contributed by atoms with van der Waals surface area (Å²) in [4.78, 5) is 17.2. The van der Waals surface area contributed by atoms with Crippen molar-refractivity contribution in [1.29, 1.82) is 0 Å². The zero-order valence-corrected chi connectivity index (χ0v) is 20.5. The lowest BCUT2D eigenvalue weighted by Gasteiger charge is -2.21. The third kappa shape index (κ3) is 6.72. The number of Topliss-reactive ketones (excluding diaryl/α,β-unsaturated/α-hetero) is 1. The number of ether oxygens (including phenoxy) is 1. The van der Waals surface area contributed by atoms with E-state index in [1.54, 1.807) is 6.20 Å². The van der Waals surface area contributed by atoms with E-state index in [4.69, 9.17) is 4.74 Å². The Kier molecular flexibility index (Phi) is 7.77. The minimum Gasteiger partial charge on any atom is -0.487 e. The van der Waals surface area contributed by atoms with Gasteiger partial charge in [0.15, 0.2) is 5.78 Å². The van der Waals surface area contributed by atoms with Crippen LogP contribution in [0.4, 0.5) is 11.4 Å². The van der Waals surface area contributed by atoms with Gasteiger partial charge in [-0.3, -0.25) is 9.78 Å². The van der Waals surface area contributed by atoms with Crippen molar-refractivity contribution in [2.45, 2.75) is 76.7 Å². The predicted octanol–water partition coefficient (Wildman–Crippen LogP) is 8.21. The number of hydrogen-bond donors (Lipinski definition) is 1. The van der Waals surface area contributed by atoms with Gasteiger partial charge in [0.2, 0.25) is 0 Å². The molecule has 2 aromatic carbocycles. The molecule has 2 aliphatic rings. The normalized spacial score (nSPS) is 16.1. The van der Waals surface area contributed by atoms with Gasteiger partial charge in [-0.2, -0.15) is 0 Å². The quantitative estimate of drug-likeness (QED) is 0.288. The van der Waals surface area contributed by atoms with E-state index >= 15 is 0 Å². The van der Waals surface area contributed by atoms with Crippen LogP contribution in [0.1, 0.15) is 91.7 Å². The third-order valence-electron chi connectivity index (χ3n) is 7.36. The Bertz CT molecular complexity index is 1120. The highest BCUT2D eigenvalue weighted by molar-refractivity contribution is 5.97. The second kappa shape index (κ2) is 11.5. The standard InChI is InChI=1S/C31H36N2O2/c34-31(14-6-10-23-8-2-1-3-9-23)25-11-7-13-26(20-25)33-30-18-17-28(21-29(30)24-15-16-24)35-22-27-12-4-5-19-32-27/h4-5,7,11-13,17-21,23-24,33H,1-3,6,8-10,14-16,22H2. The Morgan fingerprint density at radius 2 is 1.83 bits per heavy atom. The molecular formula is C31H36N2O2. The number of anilines is 2. The highest BCUT2D eigenvalue weighted by Crippen LogP contribution is 2.45. The second-order valence-electron chi connectivity index (χ2n) is 10.2. The van der Waals surface area contributed by atoms with Crippen LogP contribution in [0.15, 0.2) is 66.9 Å². The van der Waals surface area contributed by atoms with E-state index < -0.39 is 0 Å². The number of nitrogens with one attached hydrogen (secondary N) is 1. The first kappa shape index (κ1) is 23.6. The van der Waals surface area contributed by atoms with Gasteiger partial charge in [0, 0.05) is 29.6 Å². The van der Waals surface area contributed by atoms with E-state index in [1.807, 2.05) is 48.5 Å². The maximum Gasteiger partial charge on any atom is 0.162 e. The van der Waals surface area contributed by atoms with E-state index in [1.165, 1.54) is 56.9 Å². The number of aromatic nitrogens is 1. The maximum atomic E-state index is 12.9. The molecule has 2 saturated carbocycles. The molecule has 5 rings (SSSR count). The molecule has 0 unspecified atom stereocenters. The Labute approximate surface area is 209 Å². The molecule has 1 heterocycles. The van der Waals surface area contributed by atoms with Gasteiger partial charge >= 0.3 is 0 Å². The summed E-state index contributed by atoms with van der Waals surface area (Å²) in [7, 11) is 0. The van der Waals surface area contributed by atoms with Crippen LogP contribution in [0.2, 0.25) is 0 Å². The van der Waals surface area contributed by atoms with Crippen molar-refractivity contribution >= 4 is 17.2 Å². The number of nitrogens with zero attached hydrogens (tertiary/aromatic N) is 1. The van der Waals surface area contributed by atoms with Crippen molar-refractivity contribution in [2.75, 3.05) is 5.32 Å². The van der Waals surface area contributed by atoms with E-state index in [2.05, 4.69) is 22.4 Å². The molecule has 182 valence electrons. The first-order valence-electron chi connectivity index (χ1n) is 13.3. The smallest absolute Gasteiger partial charge is 0.162 e. The Morgan fingerprint density at radius 3 is 2.63 bits per heavy atom. The summed E-state index contributed by atoms with van der Waals surface area (Å²) in [6.07, 6.45) is 13.9. The van der Waals surface area contributed by atoms with Crippen molar-refractivity contribution in [1.82, 2.24) is 4.98 Å². The Hall–Kier alpha value is -3.14. The van der Waals surface area contributed by atoms with Gasteiger partial charge in [0.05, 0.1) is 5.69 Å². The molecule has 35 heavy (non-hydrogen) atoms. The molecule has 2 aliphatic carbocycles. The molecular weight excluding hydrogens is 432 g/mol. The molecule has 4 heteroatoms. The summed E-state index contributed by atoms with van der Waals surface area (Å²) in [6.45, 7) is 0.461. The van der Waals surface area contributed by atoms with Gasteiger partial charge in [0.25, 0.3) is 0 Å². The number of carbonyl (C=O) groups is 1. The largest absolute Gasteiger partial charge is 0.487 e. The molecule has 1 aromatic heterocycles. The van der Waals surface area contributed by atoms with Gasteiger partial charge in [-0.1, -0.05) is 56.7 Å². The van der Waals surface area contributed by atoms with Crippen LogP contribution in [0, 0.1) is 5.92 Å². The lowest BCUT2D eigenvalue weighted by atomic mass is 9.85. The molecule has 0 spiro atoms. The number of pyridine rings is 1. The van der Waals surface area contributed by atoms with Crippen LogP contribution in [-0.4, -0.2) is 10.8 Å². The summed E-state index contributed by atoms with van der Waals surface area (Å²) in [5.74, 6) is 2.52. The molecule has 0 saturated heterocycles. The maximum absolute atomic E-state index is 12.9. The fraction of sp³-hybridized carbons (Fsp3) is 0.419. The average Bonchev–Trinajstić information content (AvgIpc) is 3.75. The van der Waals surface area contributed by atoms with E-state index in [0.29, 0.717) is 18.9 Å². The summed E-state index contributed by atoms with van der Waals surface area (Å²) in [6, 6.07) is 20.1. The Balaban J connectivity index is 1.20. The fourth-order valence-corrected chi connectivity index (χ4v) is 5.21. The van der Waals surface area contributed by atoms with Crippen LogP contribution in [0.3, 0.4) is 0 Å². The van der Waals surface area contributed by atoms with Crippen LogP contribution >= 0.6 is 0 Å². The zero-order chi connectivity index (χ0) is 23.9. The van der Waals surface area contributed by atoms with Crippen molar-refractivity contribution in [3.8, 4) is 5.75 Å². The second-order valence-corrected chi connectivity index (χ2v) is 10.2. The predicted molar refractivity (Wildman–Crippen MR) is 141 cm³/mol. The van der Waals surface area contributed by atoms with Crippen LogP contribution in [-0.2, 0) is 6.61 Å². The lowest BCUT2D eigenvalue weighted by Crippen LogP contribution is -2.07. The van der Waals surface area contributed by atoms with E-state index in [-0.39, 0.29) is 5.78 Å². The van der Waals surface area contributed by atoms with Gasteiger partial charge in [0.1, 0.15) is 12.4 Å². The van der Waals surface area contributed by atoms with Crippen LogP contribution in [0.25, 0.3) is 0 Å². The van der Waals surface area contributed by atoms with E-state index in [0.717, 1.165) is 40.7 Å². The topological polar surface area (TPSA) is 51.2 Å². The molecule has 1 N–H and O–H groups in total. The van der Waals surface area contributed by atoms with Crippen molar-refractivity contribution < 1.29 is 9.53 Å². The monoisotopic (exact) mass is 468 g/mol. The first-order chi connectivity index (χ1) is 17.2. The highest BCUT2D eigenvalue weighted by atomic mass is 16.5. The minimum absolute atomic E-state index is 0.255. The average molecular weight is 469 g/mol. The van der Waals surface area contributed by atoms with E-state index in [9.17, 15) is 4.79 Å². The third-order valence-corrected chi connectivity index (χ3v) is 7.36. The minimum atomic E-state index is 0.255. The molecule has 2 fully saturated rings. The van der Waals surface area contributed by atoms with Crippen molar-refractivity contribution in [3.05, 3.63) is 83.7 Å². The van der Waals surface area contributed by atoms with Gasteiger partial charge in [-0.15, -0.1) is 0 Å². The number of ketones is 1. The van der Waals surface area contributed by atoms with Crippen LogP contribution < -0.4 is 10.1 Å². The lowest BCUT2D eigenvalue weighted by molar-refractivity contribution is 0.0976. The molecule has 0 amide bonds. The number of hydrogen-bond acceptors (Lipinski definition) is 4. The number of benzene rings is 2. The van der Waals surface area contributed by atoms with Gasteiger partial charge in [-0.25, -0.2) is 0 Å². The molecule has 0 bridgehead atoms. The number of carbonyl (C=O) groups excluding carboxylic acids is 1. The summed E-state index contributed by atoms with van der Waals surface area (Å²) < 4.78 is 6.01. The summed E-state index contributed by atoms with van der Waals surface area (Å²) >= 11 is 0. The van der Waals surface area contributed by atoms with Crippen LogP contribution in [0.5, 0.6) is 5.75 Å². The SMILES string of the molecule is O=C(CCCC1CCCCC1)c1cccc(Nc2ccc(OCc3ccccn3)cc2C2CC2)c1. The zero-order valence-electron chi connectivity index (χ0n) is 20.5. The first-order valence-corrected chi connectivity index (χ1v) is 13.3. The summed E-state index contributed by atoms with van der Waals surface area (Å²) in [5.41, 5.74) is 5.07. The van der Waals surface area contributed by atoms with Gasteiger partial charge < -0.3 is 10.1 Å². The van der Waals surface area contributed by atoms with Gasteiger partial charge in [-0.05, 0) is 79.1 Å². The fourth-order valence-electron chi connectivity index (χ4n) is 5.21. The van der Waals surface area contributed by atoms with Crippen molar-refractivity contribution in [3.63, 3.8) is 0 Å². The Morgan fingerprint density at radius 1 is 0.943 bits per heavy atom. The molecule has 3 aromatic rings. The molecule has 0 atom stereocenters. The summed E-state index contributed by atoms with van der Waals surface area (Å²) in [5, 5.41) is 3.58. The number of rotatable bonds is 11. The molecule has 0 aliphatic heterocycles. The van der Waals surface area contributed by atoms with Crippen molar-refractivity contribution in [2.24, 2.45) is 5.92 Å². The molecule has 4 nitrogen and oxygen atoms in total. The molecule has 0 radical (unpaired) electrons.